The van der Waals surface area contributed by atoms with Crippen molar-refractivity contribution in [1.82, 2.24) is 9.62 Å². The number of ether oxygens (including phenoxy) is 1. The first kappa shape index (κ1) is 20.1. The Hall–Kier alpha value is -1.21. The second-order valence-electron chi connectivity index (χ2n) is 6.40. The summed E-state index contributed by atoms with van der Waals surface area (Å²) >= 11 is 0. The minimum atomic E-state index is -3.45. The Morgan fingerprint density at radius 3 is 2.40 bits per heavy atom. The molecule has 140 valence electrons. The quantitative estimate of drug-likeness (QED) is 0.730. The first-order chi connectivity index (χ1) is 12.1. The van der Waals surface area contributed by atoms with Crippen molar-refractivity contribution in [1.29, 1.82) is 0 Å². The maximum absolute atomic E-state index is 12.3. The Labute approximate surface area is 152 Å². The van der Waals surface area contributed by atoms with Crippen molar-refractivity contribution < 1.29 is 13.2 Å². The van der Waals surface area contributed by atoms with Crippen LogP contribution in [0.1, 0.15) is 32.3 Å². The first-order valence-electron chi connectivity index (χ1n) is 9.10. The van der Waals surface area contributed by atoms with Gasteiger partial charge in [-0.2, -0.15) is 0 Å². The predicted octanol–water partition coefficient (Wildman–Crippen LogP) is 2.71. The van der Waals surface area contributed by atoms with Crippen molar-refractivity contribution in [3.8, 4) is 0 Å². The Morgan fingerprint density at radius 1 is 1.16 bits per heavy atom. The van der Waals surface area contributed by atoms with Crippen molar-refractivity contribution in [2.45, 2.75) is 32.7 Å². The van der Waals surface area contributed by atoms with Gasteiger partial charge in [0.05, 0.1) is 13.2 Å². The highest BCUT2D eigenvalue weighted by atomic mass is 32.2. The van der Waals surface area contributed by atoms with Crippen LogP contribution in [0.15, 0.2) is 35.7 Å². The summed E-state index contributed by atoms with van der Waals surface area (Å²) in [7, 11) is -3.45. The summed E-state index contributed by atoms with van der Waals surface area (Å²) < 4.78 is 32.9. The van der Waals surface area contributed by atoms with Gasteiger partial charge in [0.15, 0.2) is 0 Å². The van der Waals surface area contributed by atoms with Gasteiger partial charge in [0, 0.05) is 31.1 Å². The van der Waals surface area contributed by atoms with Crippen molar-refractivity contribution in [3.05, 3.63) is 41.3 Å². The molecule has 1 aromatic rings. The van der Waals surface area contributed by atoms with Crippen molar-refractivity contribution in [2.24, 2.45) is 5.92 Å². The van der Waals surface area contributed by atoms with Crippen molar-refractivity contribution in [2.75, 3.05) is 32.8 Å². The summed E-state index contributed by atoms with van der Waals surface area (Å²) in [5, 5.41) is 1.26. The maximum atomic E-state index is 12.3. The largest absolute Gasteiger partial charge is 0.379 e. The standard InChI is InChI=1S/C19H30N2O3S/c1-3-18(4-2)19(21-11-13-24-14-12-21)16-20-25(22,23)15-10-17-8-6-5-7-9-17/h5-10,15,18-20H,3-4,11-14,16H2,1-2H3/b15-10+. The molecule has 0 spiro atoms. The lowest BCUT2D eigenvalue weighted by atomic mass is 9.92. The van der Waals surface area contributed by atoms with Gasteiger partial charge < -0.3 is 4.74 Å². The average Bonchev–Trinajstić information content (AvgIpc) is 2.65. The molecule has 1 atom stereocenters. The SMILES string of the molecule is CCC(CC)C(CNS(=O)(=O)/C=C/c1ccccc1)N1CCOCC1. The Bertz CT molecular complexity index is 621. The third-order valence-corrected chi connectivity index (χ3v) is 5.90. The van der Waals surface area contributed by atoms with E-state index in [2.05, 4.69) is 23.5 Å². The Kier molecular flexibility index (Phi) is 8.09. The van der Waals surface area contributed by atoms with E-state index in [1.54, 1.807) is 6.08 Å². The molecule has 1 saturated heterocycles. The van der Waals surface area contributed by atoms with Crippen LogP contribution in [0.2, 0.25) is 0 Å². The van der Waals surface area contributed by atoms with Crippen LogP contribution < -0.4 is 4.72 Å². The fraction of sp³-hybridized carbons (Fsp3) is 0.579. The van der Waals surface area contributed by atoms with Gasteiger partial charge >= 0.3 is 0 Å². The molecule has 2 rings (SSSR count). The van der Waals surface area contributed by atoms with Crippen LogP contribution >= 0.6 is 0 Å². The lowest BCUT2D eigenvalue weighted by Gasteiger charge is -2.38. The zero-order chi connectivity index (χ0) is 18.1. The molecule has 0 amide bonds. The molecule has 5 nitrogen and oxygen atoms in total. The Morgan fingerprint density at radius 2 is 1.80 bits per heavy atom. The van der Waals surface area contributed by atoms with E-state index in [1.165, 1.54) is 5.41 Å². The van der Waals surface area contributed by atoms with Gasteiger partial charge in [-0.1, -0.05) is 57.0 Å². The van der Waals surface area contributed by atoms with E-state index in [4.69, 9.17) is 4.74 Å². The molecular weight excluding hydrogens is 336 g/mol. The third-order valence-electron chi connectivity index (χ3n) is 4.84. The molecule has 0 aliphatic carbocycles. The van der Waals surface area contributed by atoms with E-state index in [0.717, 1.165) is 44.7 Å². The maximum Gasteiger partial charge on any atom is 0.233 e. The molecule has 1 heterocycles. The van der Waals surface area contributed by atoms with Crippen molar-refractivity contribution in [3.63, 3.8) is 0 Å². The van der Waals surface area contributed by atoms with Gasteiger partial charge in [-0.3, -0.25) is 4.90 Å². The van der Waals surface area contributed by atoms with Crippen LogP contribution in [-0.2, 0) is 14.8 Å². The van der Waals surface area contributed by atoms with E-state index in [9.17, 15) is 8.42 Å². The van der Waals surface area contributed by atoms with Crippen LogP contribution in [0.4, 0.5) is 0 Å². The lowest BCUT2D eigenvalue weighted by Crippen LogP contribution is -2.51. The summed E-state index contributed by atoms with van der Waals surface area (Å²) in [5.74, 6) is 0.471. The van der Waals surface area contributed by atoms with Gasteiger partial charge in [-0.25, -0.2) is 13.1 Å². The molecule has 1 N–H and O–H groups in total. The van der Waals surface area contributed by atoms with Gasteiger partial charge in [0.2, 0.25) is 10.0 Å². The van der Waals surface area contributed by atoms with E-state index < -0.39 is 10.0 Å². The fourth-order valence-electron chi connectivity index (χ4n) is 3.32. The van der Waals surface area contributed by atoms with Gasteiger partial charge in [0.25, 0.3) is 0 Å². The second-order valence-corrected chi connectivity index (χ2v) is 8.05. The van der Waals surface area contributed by atoms with E-state index in [-0.39, 0.29) is 6.04 Å². The van der Waals surface area contributed by atoms with E-state index in [0.29, 0.717) is 12.5 Å². The van der Waals surface area contributed by atoms with E-state index >= 15 is 0 Å². The molecule has 25 heavy (non-hydrogen) atoms. The number of sulfonamides is 1. The third kappa shape index (κ3) is 6.55. The molecular formula is C19H30N2O3S. The first-order valence-corrected chi connectivity index (χ1v) is 10.6. The highest BCUT2D eigenvalue weighted by Gasteiger charge is 2.27. The minimum Gasteiger partial charge on any atom is -0.379 e. The summed E-state index contributed by atoms with van der Waals surface area (Å²) in [4.78, 5) is 2.37. The number of hydrogen-bond acceptors (Lipinski definition) is 4. The monoisotopic (exact) mass is 366 g/mol. The highest BCUT2D eigenvalue weighted by Crippen LogP contribution is 2.20. The summed E-state index contributed by atoms with van der Waals surface area (Å²) in [6, 6.07) is 9.66. The highest BCUT2D eigenvalue weighted by molar-refractivity contribution is 7.92. The molecule has 0 saturated carbocycles. The van der Waals surface area contributed by atoms with Crippen LogP contribution in [-0.4, -0.2) is 52.2 Å². The topological polar surface area (TPSA) is 58.6 Å². The number of morpholine rings is 1. The Balaban J connectivity index is 2.01. The number of benzene rings is 1. The van der Waals surface area contributed by atoms with Crippen LogP contribution in [0.3, 0.4) is 0 Å². The zero-order valence-corrected chi connectivity index (χ0v) is 16.0. The molecule has 1 aliphatic heterocycles. The molecule has 6 heteroatoms. The van der Waals surface area contributed by atoms with Crippen LogP contribution in [0.25, 0.3) is 6.08 Å². The summed E-state index contributed by atoms with van der Waals surface area (Å²) in [6.07, 6.45) is 3.71. The molecule has 0 bridgehead atoms. The predicted molar refractivity (Wildman–Crippen MR) is 103 cm³/mol. The fourth-order valence-corrected chi connectivity index (χ4v) is 4.15. The molecule has 1 fully saturated rings. The minimum absolute atomic E-state index is 0.207. The molecule has 0 radical (unpaired) electrons. The van der Waals surface area contributed by atoms with E-state index in [1.807, 2.05) is 30.3 Å². The molecule has 1 unspecified atom stereocenters. The van der Waals surface area contributed by atoms with Crippen LogP contribution in [0, 0.1) is 5.92 Å². The molecule has 1 aliphatic rings. The zero-order valence-electron chi connectivity index (χ0n) is 15.2. The number of hydrogen-bond donors (Lipinski definition) is 1. The number of rotatable bonds is 9. The van der Waals surface area contributed by atoms with Gasteiger partial charge in [-0.15, -0.1) is 0 Å². The lowest BCUT2D eigenvalue weighted by molar-refractivity contribution is 0.00299. The average molecular weight is 367 g/mol. The summed E-state index contributed by atoms with van der Waals surface area (Å²) in [5.41, 5.74) is 0.873. The summed E-state index contributed by atoms with van der Waals surface area (Å²) in [6.45, 7) is 7.95. The molecule has 0 aromatic heterocycles. The van der Waals surface area contributed by atoms with Crippen molar-refractivity contribution >= 4 is 16.1 Å². The second kappa shape index (κ2) is 10.1. The van der Waals surface area contributed by atoms with Crippen LogP contribution in [0.5, 0.6) is 0 Å². The molecule has 1 aromatic carbocycles. The normalized spacial score (nSPS) is 18.0. The number of nitrogens with zero attached hydrogens (tertiary/aromatic N) is 1. The van der Waals surface area contributed by atoms with Gasteiger partial charge in [-0.05, 0) is 17.6 Å². The van der Waals surface area contributed by atoms with Gasteiger partial charge in [0.1, 0.15) is 0 Å². The smallest absolute Gasteiger partial charge is 0.233 e. The number of nitrogens with one attached hydrogen (secondary N) is 1.